The number of H-pyrrole nitrogens is 1. The van der Waals surface area contributed by atoms with Gasteiger partial charge in [-0.25, -0.2) is 9.59 Å². The molecule has 2 amide bonds. The molecule has 1 unspecified atom stereocenters. The predicted molar refractivity (Wildman–Crippen MR) is 88.2 cm³/mol. The third kappa shape index (κ3) is 3.75. The lowest BCUT2D eigenvalue weighted by atomic mass is 9.95. The topological polar surface area (TPSA) is 105 Å². The first-order chi connectivity index (χ1) is 11.9. The normalized spacial score (nSPS) is 23.6. The van der Waals surface area contributed by atoms with E-state index in [-0.39, 0.29) is 25.0 Å². The molecule has 1 spiro atoms. The number of amides is 2. The number of ether oxygens (including phenoxy) is 1. The van der Waals surface area contributed by atoms with Gasteiger partial charge in [0.2, 0.25) is 5.91 Å². The van der Waals surface area contributed by atoms with Gasteiger partial charge in [0.25, 0.3) is 5.56 Å². The Bertz CT molecular complexity index is 785. The van der Waals surface area contributed by atoms with E-state index in [0.29, 0.717) is 26.1 Å². The number of aryl methyl sites for hydroxylation is 1. The Labute approximate surface area is 144 Å². The van der Waals surface area contributed by atoms with Crippen LogP contribution < -0.4 is 11.2 Å². The van der Waals surface area contributed by atoms with Crippen molar-refractivity contribution in [1.82, 2.24) is 19.4 Å². The maximum absolute atomic E-state index is 12.5. The van der Waals surface area contributed by atoms with Crippen molar-refractivity contribution < 1.29 is 14.3 Å². The monoisotopic (exact) mass is 350 g/mol. The van der Waals surface area contributed by atoms with Gasteiger partial charge in [-0.2, -0.15) is 0 Å². The standard InChI is InChI=1S/C16H22N4O5/c1-18-11-16(25-15(18)24)5-2-7-19(10-6-16)13(22)4-9-20-8-3-12(21)17-14(20)23/h3,8H,2,4-7,9-11H2,1H3,(H,17,21,23). The van der Waals surface area contributed by atoms with Gasteiger partial charge in [0.05, 0.1) is 6.54 Å². The fourth-order valence-corrected chi connectivity index (χ4v) is 3.46. The fourth-order valence-electron chi connectivity index (χ4n) is 3.46. The number of rotatable bonds is 3. The first-order valence-electron chi connectivity index (χ1n) is 8.40. The summed E-state index contributed by atoms with van der Waals surface area (Å²) in [6.45, 7) is 1.91. The Morgan fingerprint density at radius 3 is 2.76 bits per heavy atom. The lowest BCUT2D eigenvalue weighted by molar-refractivity contribution is -0.131. The van der Waals surface area contributed by atoms with Crippen molar-refractivity contribution in [2.75, 3.05) is 26.7 Å². The van der Waals surface area contributed by atoms with Crippen LogP contribution in [-0.4, -0.2) is 63.6 Å². The molecule has 136 valence electrons. The number of nitrogens with zero attached hydrogens (tertiary/aromatic N) is 3. The van der Waals surface area contributed by atoms with Gasteiger partial charge in [0.15, 0.2) is 0 Å². The molecule has 0 aliphatic carbocycles. The zero-order valence-corrected chi connectivity index (χ0v) is 14.2. The van der Waals surface area contributed by atoms with Crippen LogP contribution in [0.5, 0.6) is 0 Å². The van der Waals surface area contributed by atoms with Crippen molar-refractivity contribution in [1.29, 1.82) is 0 Å². The SMILES string of the molecule is CN1CC2(CCCN(C(=O)CCn3ccc(=O)[nH]c3=O)CC2)OC1=O. The summed E-state index contributed by atoms with van der Waals surface area (Å²) in [6.07, 6.45) is 3.39. The zero-order valence-electron chi connectivity index (χ0n) is 14.2. The van der Waals surface area contributed by atoms with E-state index in [4.69, 9.17) is 4.74 Å². The summed E-state index contributed by atoms with van der Waals surface area (Å²) in [4.78, 5) is 52.3. The maximum atomic E-state index is 12.5. The third-order valence-electron chi connectivity index (χ3n) is 4.85. The lowest BCUT2D eigenvalue weighted by Crippen LogP contribution is -2.37. The summed E-state index contributed by atoms with van der Waals surface area (Å²) in [6, 6.07) is 1.26. The van der Waals surface area contributed by atoms with Gasteiger partial charge in [-0.1, -0.05) is 0 Å². The molecular weight excluding hydrogens is 328 g/mol. The highest BCUT2D eigenvalue weighted by Gasteiger charge is 2.44. The molecule has 1 aromatic rings. The summed E-state index contributed by atoms with van der Waals surface area (Å²) in [5.74, 6) is -0.0483. The molecule has 2 aliphatic heterocycles. The number of hydrogen-bond donors (Lipinski definition) is 1. The van der Waals surface area contributed by atoms with E-state index in [2.05, 4.69) is 4.98 Å². The number of hydrogen-bond acceptors (Lipinski definition) is 5. The van der Waals surface area contributed by atoms with Crippen LogP contribution >= 0.6 is 0 Å². The van der Waals surface area contributed by atoms with Gasteiger partial charge in [-0.05, 0) is 12.8 Å². The fraction of sp³-hybridized carbons (Fsp3) is 0.625. The molecule has 3 heterocycles. The second kappa shape index (κ2) is 6.73. The molecule has 3 rings (SSSR count). The third-order valence-corrected chi connectivity index (χ3v) is 4.85. The number of aromatic amines is 1. The molecule has 2 fully saturated rings. The number of aromatic nitrogens is 2. The quantitative estimate of drug-likeness (QED) is 0.810. The lowest BCUT2D eigenvalue weighted by Gasteiger charge is -2.25. The second-order valence-corrected chi connectivity index (χ2v) is 6.69. The number of carbonyl (C=O) groups is 2. The Morgan fingerprint density at radius 1 is 1.28 bits per heavy atom. The molecular formula is C16H22N4O5. The highest BCUT2D eigenvalue weighted by atomic mass is 16.6. The van der Waals surface area contributed by atoms with Crippen LogP contribution in [0.2, 0.25) is 0 Å². The zero-order chi connectivity index (χ0) is 18.0. The Morgan fingerprint density at radius 2 is 2.08 bits per heavy atom. The molecule has 2 saturated heterocycles. The van der Waals surface area contributed by atoms with Crippen molar-refractivity contribution in [3.63, 3.8) is 0 Å². The van der Waals surface area contributed by atoms with E-state index >= 15 is 0 Å². The summed E-state index contributed by atoms with van der Waals surface area (Å²) in [5.41, 5.74) is -1.46. The number of likely N-dealkylation sites (tertiary alicyclic amines) is 1. The molecule has 9 heteroatoms. The molecule has 1 atom stereocenters. The first kappa shape index (κ1) is 17.2. The number of likely N-dealkylation sites (N-methyl/N-ethyl adjacent to an activating group) is 1. The smallest absolute Gasteiger partial charge is 0.410 e. The highest BCUT2D eigenvalue weighted by molar-refractivity contribution is 5.76. The number of carbonyl (C=O) groups excluding carboxylic acids is 2. The van der Waals surface area contributed by atoms with Gasteiger partial charge in [0.1, 0.15) is 5.60 Å². The molecule has 0 aromatic carbocycles. The molecule has 0 saturated carbocycles. The average molecular weight is 350 g/mol. The Balaban J connectivity index is 1.57. The minimum absolute atomic E-state index is 0.0483. The van der Waals surface area contributed by atoms with E-state index in [9.17, 15) is 19.2 Å². The van der Waals surface area contributed by atoms with Gasteiger partial charge in [-0.15, -0.1) is 0 Å². The summed E-state index contributed by atoms with van der Waals surface area (Å²) in [5, 5.41) is 0. The summed E-state index contributed by atoms with van der Waals surface area (Å²) in [7, 11) is 1.72. The van der Waals surface area contributed by atoms with Gasteiger partial charge >= 0.3 is 11.8 Å². The minimum Gasteiger partial charge on any atom is -0.441 e. The van der Waals surface area contributed by atoms with E-state index in [1.54, 1.807) is 16.8 Å². The molecule has 1 aromatic heterocycles. The van der Waals surface area contributed by atoms with Crippen LogP contribution in [0.3, 0.4) is 0 Å². The summed E-state index contributed by atoms with van der Waals surface area (Å²) < 4.78 is 6.85. The predicted octanol–water partition coefficient (Wildman–Crippen LogP) is -0.240. The van der Waals surface area contributed by atoms with Crippen molar-refractivity contribution in [3.8, 4) is 0 Å². The van der Waals surface area contributed by atoms with Crippen molar-refractivity contribution in [2.45, 2.75) is 37.8 Å². The van der Waals surface area contributed by atoms with E-state index in [1.165, 1.54) is 16.8 Å². The van der Waals surface area contributed by atoms with Crippen LogP contribution in [0.1, 0.15) is 25.7 Å². The molecule has 0 bridgehead atoms. The van der Waals surface area contributed by atoms with E-state index in [1.807, 2.05) is 0 Å². The van der Waals surface area contributed by atoms with Crippen LogP contribution in [0.15, 0.2) is 21.9 Å². The van der Waals surface area contributed by atoms with Gasteiger partial charge < -0.3 is 19.1 Å². The molecule has 25 heavy (non-hydrogen) atoms. The Kier molecular flexibility index (Phi) is 4.65. The molecule has 0 radical (unpaired) electrons. The maximum Gasteiger partial charge on any atom is 0.410 e. The highest BCUT2D eigenvalue weighted by Crippen LogP contribution is 2.32. The molecule has 1 N–H and O–H groups in total. The number of nitrogens with one attached hydrogen (secondary N) is 1. The van der Waals surface area contributed by atoms with Crippen LogP contribution in [-0.2, 0) is 16.1 Å². The Hall–Kier alpha value is -2.58. The van der Waals surface area contributed by atoms with Gasteiger partial charge in [0, 0.05) is 51.8 Å². The first-order valence-corrected chi connectivity index (χ1v) is 8.40. The van der Waals surface area contributed by atoms with Crippen LogP contribution in [0, 0.1) is 0 Å². The molecule has 9 nitrogen and oxygen atoms in total. The molecule has 2 aliphatic rings. The van der Waals surface area contributed by atoms with E-state index < -0.39 is 16.9 Å². The average Bonchev–Trinajstić information content (AvgIpc) is 2.71. The van der Waals surface area contributed by atoms with Crippen LogP contribution in [0.4, 0.5) is 4.79 Å². The van der Waals surface area contributed by atoms with Crippen molar-refractivity contribution >= 4 is 12.0 Å². The van der Waals surface area contributed by atoms with Crippen LogP contribution in [0.25, 0.3) is 0 Å². The van der Waals surface area contributed by atoms with E-state index in [0.717, 1.165) is 12.8 Å². The largest absolute Gasteiger partial charge is 0.441 e. The second-order valence-electron chi connectivity index (χ2n) is 6.69. The van der Waals surface area contributed by atoms with Crippen molar-refractivity contribution in [2.24, 2.45) is 0 Å². The minimum atomic E-state index is -0.518. The van der Waals surface area contributed by atoms with Crippen molar-refractivity contribution in [3.05, 3.63) is 33.1 Å². The van der Waals surface area contributed by atoms with Gasteiger partial charge in [-0.3, -0.25) is 14.6 Å². The summed E-state index contributed by atoms with van der Waals surface area (Å²) >= 11 is 0.